The van der Waals surface area contributed by atoms with Gasteiger partial charge in [-0.1, -0.05) is 0 Å². The van der Waals surface area contributed by atoms with E-state index in [1.54, 1.807) is 7.05 Å². The average molecular weight is 244 g/mol. The molecule has 0 aromatic carbocycles. The van der Waals surface area contributed by atoms with Crippen LogP contribution in [-0.4, -0.2) is 37.3 Å². The highest BCUT2D eigenvalue weighted by Gasteiger charge is 2.20. The molecular weight excluding hydrogens is 228 g/mol. The van der Waals surface area contributed by atoms with Crippen LogP contribution >= 0.6 is 0 Å². The molecule has 0 amide bonds. The Balaban J connectivity index is 1.82. The Kier molecular flexibility index (Phi) is 3.27. The van der Waals surface area contributed by atoms with Gasteiger partial charge in [-0.3, -0.25) is 4.68 Å². The van der Waals surface area contributed by atoms with Gasteiger partial charge in [-0.25, -0.2) is 13.1 Å². The minimum atomic E-state index is -3.39. The van der Waals surface area contributed by atoms with Gasteiger partial charge in [0.25, 0.3) is 0 Å². The lowest BCUT2D eigenvalue weighted by molar-refractivity contribution is 0.575. The fourth-order valence-electron chi connectivity index (χ4n) is 1.37. The third kappa shape index (κ3) is 3.03. The molecule has 1 aliphatic rings. The maximum absolute atomic E-state index is 11.7. The topological polar surface area (TPSA) is 76.0 Å². The molecule has 0 spiro atoms. The number of aryl methyl sites for hydroxylation is 1. The molecule has 0 saturated heterocycles. The fraction of sp³-hybridized carbons (Fsp3) is 0.667. The van der Waals surface area contributed by atoms with Gasteiger partial charge in [0.05, 0.1) is 6.20 Å². The van der Waals surface area contributed by atoms with Crippen LogP contribution in [0.3, 0.4) is 0 Å². The lowest BCUT2D eigenvalue weighted by Crippen LogP contribution is -2.32. The third-order valence-corrected chi connectivity index (χ3v) is 3.83. The quantitative estimate of drug-likeness (QED) is 0.658. The van der Waals surface area contributed by atoms with Crippen LogP contribution in [-0.2, 0) is 17.1 Å². The summed E-state index contributed by atoms with van der Waals surface area (Å²) in [5, 5.41) is 7.07. The fourth-order valence-corrected chi connectivity index (χ4v) is 2.38. The van der Waals surface area contributed by atoms with Crippen molar-refractivity contribution in [3.63, 3.8) is 0 Å². The zero-order valence-electron chi connectivity index (χ0n) is 9.18. The van der Waals surface area contributed by atoms with Crippen LogP contribution in [0.2, 0.25) is 0 Å². The molecule has 2 rings (SSSR count). The van der Waals surface area contributed by atoms with Gasteiger partial charge in [0.15, 0.2) is 0 Å². The van der Waals surface area contributed by atoms with Crippen LogP contribution in [0.15, 0.2) is 17.3 Å². The summed E-state index contributed by atoms with van der Waals surface area (Å²) in [6, 6.07) is 0.600. The molecule has 0 bridgehead atoms. The molecule has 0 radical (unpaired) electrons. The lowest BCUT2D eigenvalue weighted by atomic mass is 10.6. The summed E-state index contributed by atoms with van der Waals surface area (Å²) >= 11 is 0. The summed E-state index contributed by atoms with van der Waals surface area (Å²) < 4.78 is 27.4. The molecule has 1 heterocycles. The van der Waals surface area contributed by atoms with Crippen LogP contribution in [0.1, 0.15) is 12.8 Å². The molecular formula is C9H16N4O2S. The first kappa shape index (κ1) is 11.6. The van der Waals surface area contributed by atoms with Gasteiger partial charge in [0.1, 0.15) is 4.90 Å². The lowest BCUT2D eigenvalue weighted by Gasteiger charge is -2.05. The van der Waals surface area contributed by atoms with Crippen molar-refractivity contribution in [1.82, 2.24) is 19.8 Å². The first-order valence-electron chi connectivity index (χ1n) is 5.29. The first-order valence-corrected chi connectivity index (χ1v) is 6.78. The number of hydrogen-bond donors (Lipinski definition) is 2. The Hall–Kier alpha value is -0.920. The first-order chi connectivity index (χ1) is 7.58. The third-order valence-electron chi connectivity index (χ3n) is 2.42. The van der Waals surface area contributed by atoms with E-state index < -0.39 is 10.0 Å². The summed E-state index contributed by atoms with van der Waals surface area (Å²) in [6.07, 6.45) is 5.23. The van der Waals surface area contributed by atoms with E-state index >= 15 is 0 Å². The van der Waals surface area contributed by atoms with Crippen molar-refractivity contribution in [2.75, 3.05) is 13.1 Å². The van der Waals surface area contributed by atoms with Gasteiger partial charge in [0.2, 0.25) is 10.0 Å². The van der Waals surface area contributed by atoms with Crippen molar-refractivity contribution < 1.29 is 8.42 Å². The Morgan fingerprint density at radius 2 is 2.25 bits per heavy atom. The van der Waals surface area contributed by atoms with Crippen molar-refractivity contribution in [3.05, 3.63) is 12.4 Å². The molecule has 90 valence electrons. The summed E-state index contributed by atoms with van der Waals surface area (Å²) in [6.45, 7) is 1.08. The van der Waals surface area contributed by atoms with Crippen LogP contribution in [0.4, 0.5) is 0 Å². The van der Waals surface area contributed by atoms with Crippen molar-refractivity contribution in [3.8, 4) is 0 Å². The smallest absolute Gasteiger partial charge is 0.243 e. The van der Waals surface area contributed by atoms with Gasteiger partial charge in [-0.05, 0) is 12.8 Å². The Morgan fingerprint density at radius 3 is 2.81 bits per heavy atom. The Morgan fingerprint density at radius 1 is 1.50 bits per heavy atom. The summed E-state index contributed by atoms with van der Waals surface area (Å²) in [5.41, 5.74) is 0. The molecule has 6 nitrogen and oxygen atoms in total. The number of sulfonamides is 1. The molecule has 2 N–H and O–H groups in total. The van der Waals surface area contributed by atoms with E-state index in [0.29, 0.717) is 19.1 Å². The van der Waals surface area contributed by atoms with Gasteiger partial charge in [-0.15, -0.1) is 0 Å². The number of nitrogens with one attached hydrogen (secondary N) is 2. The molecule has 1 aromatic rings. The Bertz CT molecular complexity index is 450. The number of rotatable bonds is 6. The van der Waals surface area contributed by atoms with Crippen molar-refractivity contribution in [1.29, 1.82) is 0 Å². The highest BCUT2D eigenvalue weighted by Crippen LogP contribution is 2.17. The van der Waals surface area contributed by atoms with Crippen molar-refractivity contribution >= 4 is 10.0 Å². The second kappa shape index (κ2) is 4.52. The molecule has 7 heteroatoms. The molecule has 1 saturated carbocycles. The highest BCUT2D eigenvalue weighted by atomic mass is 32.2. The number of hydrogen-bond acceptors (Lipinski definition) is 4. The van der Waals surface area contributed by atoms with Gasteiger partial charge >= 0.3 is 0 Å². The maximum Gasteiger partial charge on any atom is 0.243 e. The SMILES string of the molecule is Cn1cc(S(=O)(=O)NCCNC2CC2)cn1. The van der Waals surface area contributed by atoms with Crippen LogP contribution in [0.25, 0.3) is 0 Å². The van der Waals surface area contributed by atoms with Gasteiger partial charge < -0.3 is 5.32 Å². The minimum Gasteiger partial charge on any atom is -0.313 e. The standard InChI is InChI=1S/C9H16N4O2S/c1-13-7-9(6-11-13)16(14,15)12-5-4-10-8-2-3-8/h6-8,10,12H,2-5H2,1H3. The molecule has 1 aromatic heterocycles. The molecule has 1 fully saturated rings. The zero-order valence-corrected chi connectivity index (χ0v) is 10.00. The van der Waals surface area contributed by atoms with Crippen LogP contribution in [0.5, 0.6) is 0 Å². The van der Waals surface area contributed by atoms with Crippen molar-refractivity contribution in [2.45, 2.75) is 23.8 Å². The van der Waals surface area contributed by atoms with E-state index in [2.05, 4.69) is 15.1 Å². The van der Waals surface area contributed by atoms with E-state index in [0.717, 1.165) is 0 Å². The summed E-state index contributed by atoms with van der Waals surface area (Å²) in [7, 11) is -1.70. The van der Waals surface area contributed by atoms with Crippen LogP contribution in [0, 0.1) is 0 Å². The predicted octanol–water partition coefficient (Wildman–Crippen LogP) is -0.550. The van der Waals surface area contributed by atoms with E-state index in [1.807, 2.05) is 0 Å². The van der Waals surface area contributed by atoms with Gasteiger partial charge in [0, 0.05) is 32.4 Å². The zero-order chi connectivity index (χ0) is 11.6. The molecule has 0 unspecified atom stereocenters. The van der Waals surface area contributed by atoms with Gasteiger partial charge in [-0.2, -0.15) is 5.10 Å². The molecule has 0 aliphatic heterocycles. The normalized spacial score (nSPS) is 16.6. The van der Waals surface area contributed by atoms with E-state index in [9.17, 15) is 8.42 Å². The molecule has 1 aliphatic carbocycles. The van der Waals surface area contributed by atoms with Crippen molar-refractivity contribution in [2.24, 2.45) is 7.05 Å². The second-order valence-electron chi connectivity index (χ2n) is 3.98. The minimum absolute atomic E-state index is 0.210. The molecule has 16 heavy (non-hydrogen) atoms. The van der Waals surface area contributed by atoms with Crippen LogP contribution < -0.4 is 10.0 Å². The highest BCUT2D eigenvalue weighted by molar-refractivity contribution is 7.89. The second-order valence-corrected chi connectivity index (χ2v) is 5.74. The molecule has 0 atom stereocenters. The number of aromatic nitrogens is 2. The monoisotopic (exact) mass is 244 g/mol. The van der Waals surface area contributed by atoms with E-state index in [1.165, 1.54) is 29.9 Å². The average Bonchev–Trinajstić information content (AvgIpc) is 2.94. The maximum atomic E-state index is 11.7. The van der Waals surface area contributed by atoms with E-state index in [-0.39, 0.29) is 4.90 Å². The predicted molar refractivity (Wildman–Crippen MR) is 59.4 cm³/mol. The number of nitrogens with zero attached hydrogens (tertiary/aromatic N) is 2. The largest absolute Gasteiger partial charge is 0.313 e. The Labute approximate surface area is 95.1 Å². The van der Waals surface area contributed by atoms with E-state index in [4.69, 9.17) is 0 Å². The summed E-state index contributed by atoms with van der Waals surface area (Å²) in [4.78, 5) is 0.210. The summed E-state index contributed by atoms with van der Waals surface area (Å²) in [5.74, 6) is 0.